The van der Waals surface area contributed by atoms with Gasteiger partial charge in [-0.05, 0) is 6.42 Å². The van der Waals surface area contributed by atoms with E-state index in [1.807, 2.05) is 11.3 Å². The van der Waals surface area contributed by atoms with E-state index in [-0.39, 0.29) is 0 Å². The molecular weight excluding hydrogens is 180 g/mol. The van der Waals surface area contributed by atoms with E-state index in [9.17, 15) is 0 Å². The maximum absolute atomic E-state index is 4.70. The Morgan fingerprint density at radius 3 is 3.15 bits per heavy atom. The van der Waals surface area contributed by atoms with Crippen LogP contribution in [0.1, 0.15) is 41.8 Å². The fourth-order valence-corrected chi connectivity index (χ4v) is 2.75. The lowest BCUT2D eigenvalue weighted by Gasteiger charge is -2.09. The van der Waals surface area contributed by atoms with Gasteiger partial charge in [-0.1, -0.05) is 13.8 Å². The molecule has 1 N–H and O–H groups in total. The summed E-state index contributed by atoms with van der Waals surface area (Å²) in [6.07, 6.45) is 2.31. The van der Waals surface area contributed by atoms with Crippen molar-refractivity contribution in [2.45, 2.75) is 39.2 Å². The van der Waals surface area contributed by atoms with Crippen LogP contribution < -0.4 is 5.32 Å². The number of hydrogen-bond acceptors (Lipinski definition) is 3. The molecule has 0 saturated heterocycles. The highest BCUT2D eigenvalue weighted by atomic mass is 32.1. The van der Waals surface area contributed by atoms with Crippen LogP contribution in [-0.2, 0) is 13.0 Å². The fourth-order valence-electron chi connectivity index (χ4n) is 1.53. The summed E-state index contributed by atoms with van der Waals surface area (Å²) in [5, 5.41) is 4.71. The van der Waals surface area contributed by atoms with Gasteiger partial charge < -0.3 is 5.32 Å². The zero-order valence-electron chi connectivity index (χ0n) is 8.26. The molecule has 1 aromatic heterocycles. The highest BCUT2D eigenvalue weighted by molar-refractivity contribution is 7.11. The highest BCUT2D eigenvalue weighted by Gasteiger charge is 2.16. The normalized spacial score (nSPS) is 18.3. The quantitative estimate of drug-likeness (QED) is 0.785. The Bertz CT molecular complexity index is 270. The molecule has 13 heavy (non-hydrogen) atoms. The largest absolute Gasteiger partial charge is 0.311 e. The summed E-state index contributed by atoms with van der Waals surface area (Å²) in [6, 6.07) is 0. The van der Waals surface area contributed by atoms with Crippen molar-refractivity contribution in [1.82, 2.24) is 10.3 Å². The first-order valence-corrected chi connectivity index (χ1v) is 5.82. The van der Waals surface area contributed by atoms with E-state index in [4.69, 9.17) is 4.98 Å². The van der Waals surface area contributed by atoms with Crippen LogP contribution in [0.2, 0.25) is 0 Å². The first kappa shape index (κ1) is 9.16. The molecule has 0 aromatic carbocycles. The Hall–Kier alpha value is -0.410. The van der Waals surface area contributed by atoms with Gasteiger partial charge in [0.2, 0.25) is 0 Å². The lowest BCUT2D eigenvalue weighted by atomic mass is 10.1. The van der Waals surface area contributed by atoms with Crippen LogP contribution in [0.3, 0.4) is 0 Å². The molecule has 0 fully saturated rings. The smallest absolute Gasteiger partial charge is 0.0959 e. The summed E-state index contributed by atoms with van der Waals surface area (Å²) >= 11 is 1.89. The third-order valence-electron chi connectivity index (χ3n) is 2.65. The first-order valence-electron chi connectivity index (χ1n) is 5.00. The van der Waals surface area contributed by atoms with Gasteiger partial charge in [0, 0.05) is 30.3 Å². The van der Waals surface area contributed by atoms with Gasteiger partial charge in [-0.3, -0.25) is 0 Å². The van der Waals surface area contributed by atoms with Gasteiger partial charge in [0.15, 0.2) is 0 Å². The summed E-state index contributed by atoms with van der Waals surface area (Å²) in [7, 11) is 0. The topological polar surface area (TPSA) is 24.9 Å². The molecule has 2 nitrogen and oxygen atoms in total. The Morgan fingerprint density at radius 1 is 1.62 bits per heavy atom. The molecule has 0 spiro atoms. The highest BCUT2D eigenvalue weighted by Crippen LogP contribution is 2.28. The van der Waals surface area contributed by atoms with Crippen LogP contribution in [0.4, 0.5) is 0 Å². The van der Waals surface area contributed by atoms with E-state index < -0.39 is 0 Å². The average molecular weight is 196 g/mol. The molecule has 2 rings (SSSR count). The molecule has 1 aromatic rings. The van der Waals surface area contributed by atoms with E-state index in [2.05, 4.69) is 19.2 Å². The van der Waals surface area contributed by atoms with Gasteiger partial charge in [-0.25, -0.2) is 4.98 Å². The van der Waals surface area contributed by atoms with Crippen molar-refractivity contribution in [3.63, 3.8) is 0 Å². The average Bonchev–Trinajstić information content (AvgIpc) is 2.59. The molecule has 0 aliphatic carbocycles. The number of nitrogens with one attached hydrogen (secondary N) is 1. The van der Waals surface area contributed by atoms with Gasteiger partial charge in [-0.2, -0.15) is 0 Å². The van der Waals surface area contributed by atoms with Crippen LogP contribution in [-0.4, -0.2) is 11.5 Å². The van der Waals surface area contributed by atoms with Crippen LogP contribution in [0.25, 0.3) is 0 Å². The monoisotopic (exact) mass is 196 g/mol. The van der Waals surface area contributed by atoms with Gasteiger partial charge in [0.1, 0.15) is 0 Å². The minimum absolute atomic E-state index is 0.635. The Kier molecular flexibility index (Phi) is 2.65. The summed E-state index contributed by atoms with van der Waals surface area (Å²) in [5.41, 5.74) is 1.35. The van der Waals surface area contributed by atoms with E-state index in [1.165, 1.54) is 22.0 Å². The number of thiazole rings is 1. The third-order valence-corrected chi connectivity index (χ3v) is 3.98. The zero-order valence-corrected chi connectivity index (χ0v) is 9.08. The zero-order chi connectivity index (χ0) is 9.26. The van der Waals surface area contributed by atoms with Crippen molar-refractivity contribution in [2.24, 2.45) is 0 Å². The molecule has 0 saturated carbocycles. The lowest BCUT2D eigenvalue weighted by Crippen LogP contribution is -2.22. The van der Waals surface area contributed by atoms with Gasteiger partial charge in [-0.15, -0.1) is 11.3 Å². The maximum Gasteiger partial charge on any atom is 0.0959 e. The molecule has 0 amide bonds. The maximum atomic E-state index is 4.70. The fraction of sp³-hybridized carbons (Fsp3) is 0.700. The summed E-state index contributed by atoms with van der Waals surface area (Å²) < 4.78 is 0. The molecule has 1 unspecified atom stereocenters. The second kappa shape index (κ2) is 3.76. The third kappa shape index (κ3) is 1.76. The molecule has 1 aliphatic rings. The number of nitrogens with zero attached hydrogens (tertiary/aromatic N) is 1. The summed E-state index contributed by atoms with van der Waals surface area (Å²) in [6.45, 7) is 6.61. The van der Waals surface area contributed by atoms with Crippen molar-refractivity contribution in [3.8, 4) is 0 Å². The molecule has 0 radical (unpaired) electrons. The molecule has 3 heteroatoms. The molecule has 72 valence electrons. The van der Waals surface area contributed by atoms with E-state index in [1.54, 1.807) is 0 Å². The predicted octanol–water partition coefficient (Wildman–Crippen LogP) is 2.30. The van der Waals surface area contributed by atoms with Gasteiger partial charge in [0.25, 0.3) is 0 Å². The van der Waals surface area contributed by atoms with Gasteiger partial charge in [0.05, 0.1) is 10.7 Å². The van der Waals surface area contributed by atoms with E-state index >= 15 is 0 Å². The second-order valence-corrected chi connectivity index (χ2v) is 4.77. The van der Waals surface area contributed by atoms with Gasteiger partial charge >= 0.3 is 0 Å². The molecular formula is C10H16N2S. The number of hydrogen-bond donors (Lipinski definition) is 1. The minimum Gasteiger partial charge on any atom is -0.311 e. The minimum atomic E-state index is 0.635. The Morgan fingerprint density at radius 2 is 2.46 bits per heavy atom. The Labute approximate surface area is 83.4 Å². The number of fused-ring (bicyclic) bond motifs is 1. The van der Waals surface area contributed by atoms with Crippen molar-refractivity contribution < 1.29 is 0 Å². The lowest BCUT2D eigenvalue weighted by molar-refractivity contribution is 0.639. The van der Waals surface area contributed by atoms with Crippen LogP contribution in [0.15, 0.2) is 0 Å². The number of aromatic nitrogens is 1. The van der Waals surface area contributed by atoms with E-state index in [0.29, 0.717) is 5.92 Å². The second-order valence-electron chi connectivity index (χ2n) is 3.66. The summed E-state index contributed by atoms with van der Waals surface area (Å²) in [4.78, 5) is 6.16. The number of rotatable bonds is 2. The van der Waals surface area contributed by atoms with E-state index in [0.717, 1.165) is 19.5 Å². The standard InChI is InChI=1S/C10H16N2S/c1-3-7(2)10-12-8-4-5-11-6-9(8)13-10/h7,11H,3-6H2,1-2H3. The molecule has 1 aliphatic heterocycles. The van der Waals surface area contributed by atoms with Crippen LogP contribution >= 0.6 is 11.3 Å². The predicted molar refractivity (Wildman–Crippen MR) is 56.2 cm³/mol. The SMILES string of the molecule is CCC(C)c1nc2c(s1)CNCC2. The van der Waals surface area contributed by atoms with Crippen molar-refractivity contribution in [3.05, 3.63) is 15.6 Å². The first-order chi connectivity index (χ1) is 6.31. The van der Waals surface area contributed by atoms with Crippen LogP contribution in [0, 0.1) is 0 Å². The van der Waals surface area contributed by atoms with Crippen molar-refractivity contribution in [1.29, 1.82) is 0 Å². The Balaban J connectivity index is 2.25. The summed E-state index contributed by atoms with van der Waals surface area (Å²) in [5.74, 6) is 0.635. The van der Waals surface area contributed by atoms with Crippen molar-refractivity contribution in [2.75, 3.05) is 6.54 Å². The van der Waals surface area contributed by atoms with Crippen molar-refractivity contribution >= 4 is 11.3 Å². The van der Waals surface area contributed by atoms with Crippen LogP contribution in [0.5, 0.6) is 0 Å². The molecule has 0 bridgehead atoms. The molecule has 1 atom stereocenters. The molecule has 2 heterocycles.